The van der Waals surface area contributed by atoms with Crippen molar-refractivity contribution in [2.24, 2.45) is 0 Å². The first-order valence-electron chi connectivity index (χ1n) is 15.7. The predicted molar refractivity (Wildman–Crippen MR) is 192 cm³/mol. The second kappa shape index (κ2) is 9.69. The van der Waals surface area contributed by atoms with Gasteiger partial charge in [-0.3, -0.25) is 0 Å². The van der Waals surface area contributed by atoms with Crippen molar-refractivity contribution >= 4 is 65.2 Å². The largest absolute Gasteiger partial charge is 0.464 e. The molecule has 0 aliphatic heterocycles. The standard InChI is InChI=1S/C44H26O2/c1-2-11-28(12-3-1)38-26-45-39-24-23-37-31-22-21-29(25-40(31)46-44(37)43(38)39)41-33-16-6-8-18-35(33)42(36-19-9-7-17-34(36)41)32-20-10-14-27-13-4-5-15-30(27)32/h1-26H. The van der Waals surface area contributed by atoms with Crippen LogP contribution in [-0.2, 0) is 0 Å². The maximum absolute atomic E-state index is 6.75. The quantitative estimate of drug-likeness (QED) is 0.193. The summed E-state index contributed by atoms with van der Waals surface area (Å²) in [5.41, 5.74) is 9.58. The fourth-order valence-corrected chi connectivity index (χ4v) is 7.52. The zero-order valence-electron chi connectivity index (χ0n) is 24.8. The summed E-state index contributed by atoms with van der Waals surface area (Å²) in [6, 6.07) is 54.2. The van der Waals surface area contributed by atoms with Gasteiger partial charge in [-0.2, -0.15) is 0 Å². The summed E-state index contributed by atoms with van der Waals surface area (Å²) in [5, 5.41) is 10.6. The lowest BCUT2D eigenvalue weighted by atomic mass is 9.84. The first kappa shape index (κ1) is 25.2. The Hall–Kier alpha value is -6.12. The molecule has 0 atom stereocenters. The zero-order chi connectivity index (χ0) is 30.2. The first-order valence-corrected chi connectivity index (χ1v) is 15.7. The third-order valence-electron chi connectivity index (χ3n) is 9.54. The van der Waals surface area contributed by atoms with Gasteiger partial charge in [0.05, 0.1) is 11.6 Å². The van der Waals surface area contributed by atoms with Gasteiger partial charge in [-0.1, -0.05) is 127 Å². The van der Waals surface area contributed by atoms with E-state index >= 15 is 0 Å². The summed E-state index contributed by atoms with van der Waals surface area (Å²) in [6.07, 6.45) is 1.84. The molecule has 2 heterocycles. The van der Waals surface area contributed by atoms with Crippen LogP contribution in [0, 0.1) is 0 Å². The Bertz CT molecular complexity index is 2740. The third kappa shape index (κ3) is 3.59. The molecule has 2 heteroatoms. The van der Waals surface area contributed by atoms with E-state index in [-0.39, 0.29) is 0 Å². The Morgan fingerprint density at radius 1 is 0.370 bits per heavy atom. The molecule has 0 fully saturated rings. The van der Waals surface area contributed by atoms with Crippen LogP contribution in [0.4, 0.5) is 0 Å². The van der Waals surface area contributed by atoms with E-state index in [1.54, 1.807) is 0 Å². The van der Waals surface area contributed by atoms with Crippen LogP contribution < -0.4 is 0 Å². The monoisotopic (exact) mass is 586 g/mol. The lowest BCUT2D eigenvalue weighted by molar-refractivity contribution is 0.616. The van der Waals surface area contributed by atoms with Crippen molar-refractivity contribution in [3.8, 4) is 33.4 Å². The highest BCUT2D eigenvalue weighted by Gasteiger charge is 2.20. The van der Waals surface area contributed by atoms with Crippen LogP contribution in [0.25, 0.3) is 98.6 Å². The van der Waals surface area contributed by atoms with E-state index < -0.39 is 0 Å². The van der Waals surface area contributed by atoms with Gasteiger partial charge in [0.2, 0.25) is 0 Å². The third-order valence-corrected chi connectivity index (χ3v) is 9.54. The van der Waals surface area contributed by atoms with E-state index in [1.165, 1.54) is 49.0 Å². The minimum atomic E-state index is 0.826. The molecular weight excluding hydrogens is 560 g/mol. The minimum absolute atomic E-state index is 0.826. The molecule has 0 N–H and O–H groups in total. The second-order valence-electron chi connectivity index (χ2n) is 12.0. The number of furan rings is 2. The number of fused-ring (bicyclic) bond motifs is 8. The van der Waals surface area contributed by atoms with Gasteiger partial charge < -0.3 is 8.83 Å². The van der Waals surface area contributed by atoms with Gasteiger partial charge in [-0.05, 0) is 84.4 Å². The lowest BCUT2D eigenvalue weighted by Crippen LogP contribution is -1.91. The van der Waals surface area contributed by atoms with Gasteiger partial charge in [-0.25, -0.2) is 0 Å². The topological polar surface area (TPSA) is 26.3 Å². The van der Waals surface area contributed by atoms with Crippen LogP contribution >= 0.6 is 0 Å². The highest BCUT2D eigenvalue weighted by atomic mass is 16.3. The molecule has 8 aromatic carbocycles. The normalized spacial score (nSPS) is 11.9. The van der Waals surface area contributed by atoms with Gasteiger partial charge in [0.1, 0.15) is 16.7 Å². The van der Waals surface area contributed by atoms with Crippen molar-refractivity contribution < 1.29 is 8.83 Å². The van der Waals surface area contributed by atoms with Crippen molar-refractivity contribution in [1.29, 1.82) is 0 Å². The van der Waals surface area contributed by atoms with Crippen LogP contribution in [0.1, 0.15) is 0 Å². The van der Waals surface area contributed by atoms with Crippen LogP contribution in [-0.4, -0.2) is 0 Å². The number of hydrogen-bond donors (Lipinski definition) is 0. The maximum atomic E-state index is 6.75. The van der Waals surface area contributed by atoms with E-state index in [9.17, 15) is 0 Å². The van der Waals surface area contributed by atoms with Crippen LogP contribution in [0.2, 0.25) is 0 Å². The van der Waals surface area contributed by atoms with Crippen LogP contribution in [0.3, 0.4) is 0 Å². The molecule has 46 heavy (non-hydrogen) atoms. The Morgan fingerprint density at radius 3 is 1.76 bits per heavy atom. The molecule has 0 saturated carbocycles. The number of hydrogen-bond acceptors (Lipinski definition) is 2. The molecule has 2 aromatic heterocycles. The molecule has 0 aliphatic carbocycles. The Balaban J connectivity index is 1.26. The fraction of sp³-hybridized carbons (Fsp3) is 0. The van der Waals surface area contributed by atoms with Crippen molar-refractivity contribution in [3.63, 3.8) is 0 Å². The summed E-state index contributed by atoms with van der Waals surface area (Å²) in [4.78, 5) is 0. The van der Waals surface area contributed by atoms with E-state index in [4.69, 9.17) is 8.83 Å². The fourth-order valence-electron chi connectivity index (χ4n) is 7.52. The molecule has 0 spiro atoms. The summed E-state index contributed by atoms with van der Waals surface area (Å²) >= 11 is 0. The van der Waals surface area contributed by atoms with Crippen LogP contribution in [0.15, 0.2) is 167 Å². The van der Waals surface area contributed by atoms with E-state index in [0.717, 1.165) is 49.6 Å². The lowest BCUT2D eigenvalue weighted by Gasteiger charge is -2.18. The van der Waals surface area contributed by atoms with Gasteiger partial charge in [0.15, 0.2) is 0 Å². The second-order valence-corrected chi connectivity index (χ2v) is 12.0. The van der Waals surface area contributed by atoms with Gasteiger partial charge in [0, 0.05) is 16.3 Å². The van der Waals surface area contributed by atoms with E-state index in [1.807, 2.05) is 12.3 Å². The molecule has 0 amide bonds. The minimum Gasteiger partial charge on any atom is -0.464 e. The Kier molecular flexibility index (Phi) is 5.31. The summed E-state index contributed by atoms with van der Waals surface area (Å²) in [7, 11) is 0. The summed E-state index contributed by atoms with van der Waals surface area (Å²) < 4.78 is 12.8. The van der Waals surface area contributed by atoms with Gasteiger partial charge >= 0.3 is 0 Å². The summed E-state index contributed by atoms with van der Waals surface area (Å²) in [5.74, 6) is 0. The molecule has 0 bridgehead atoms. The van der Waals surface area contributed by atoms with E-state index in [2.05, 4.69) is 146 Å². The first-order chi connectivity index (χ1) is 22.8. The van der Waals surface area contributed by atoms with E-state index in [0.29, 0.717) is 0 Å². The van der Waals surface area contributed by atoms with Gasteiger partial charge in [-0.15, -0.1) is 0 Å². The molecule has 0 saturated heterocycles. The van der Waals surface area contributed by atoms with Gasteiger partial charge in [0.25, 0.3) is 0 Å². The van der Waals surface area contributed by atoms with Crippen LogP contribution in [0.5, 0.6) is 0 Å². The Labute approximate surface area is 264 Å². The number of rotatable bonds is 3. The highest BCUT2D eigenvalue weighted by Crippen LogP contribution is 2.47. The zero-order valence-corrected chi connectivity index (χ0v) is 24.8. The Morgan fingerprint density at radius 2 is 1.00 bits per heavy atom. The average molecular weight is 587 g/mol. The number of benzene rings is 8. The molecule has 0 radical (unpaired) electrons. The predicted octanol–water partition coefficient (Wildman–Crippen LogP) is 12.8. The SMILES string of the molecule is c1ccc(-c2coc3ccc4c5ccc(-c6c7ccccc7c(-c7cccc8ccccc78)c7ccccc67)cc5oc4c23)cc1. The smallest absolute Gasteiger partial charge is 0.147 e. The van der Waals surface area contributed by atoms with Crippen molar-refractivity contribution in [2.75, 3.05) is 0 Å². The van der Waals surface area contributed by atoms with Crippen molar-refractivity contribution in [3.05, 3.63) is 158 Å². The average Bonchev–Trinajstić information content (AvgIpc) is 3.72. The molecule has 0 aliphatic rings. The molecule has 2 nitrogen and oxygen atoms in total. The van der Waals surface area contributed by atoms with Crippen molar-refractivity contribution in [2.45, 2.75) is 0 Å². The molecule has 10 rings (SSSR count). The molecule has 0 unspecified atom stereocenters. The summed E-state index contributed by atoms with van der Waals surface area (Å²) in [6.45, 7) is 0. The molecular formula is C44H26O2. The highest BCUT2D eigenvalue weighted by molar-refractivity contribution is 6.24. The molecule has 214 valence electrons. The molecule has 10 aromatic rings. The maximum Gasteiger partial charge on any atom is 0.147 e. The van der Waals surface area contributed by atoms with Crippen molar-refractivity contribution in [1.82, 2.24) is 0 Å².